The van der Waals surface area contributed by atoms with Crippen molar-refractivity contribution in [1.29, 1.82) is 0 Å². The maximum atomic E-state index is 11.3. The van der Waals surface area contributed by atoms with E-state index >= 15 is 0 Å². The highest BCUT2D eigenvalue weighted by atomic mass is 16.3. The minimum Gasteiger partial charge on any atom is -0.389 e. The number of primary amides is 1. The van der Waals surface area contributed by atoms with Crippen LogP contribution in [0.15, 0.2) is 72.8 Å². The van der Waals surface area contributed by atoms with Crippen LogP contribution in [0.4, 0.5) is 0 Å². The highest BCUT2D eigenvalue weighted by Gasteiger charge is 2.30. The number of nitrogens with two attached hydrogens (primary N) is 1. The zero-order chi connectivity index (χ0) is 25.3. The van der Waals surface area contributed by atoms with Crippen molar-refractivity contribution >= 4 is 5.91 Å². The quantitative estimate of drug-likeness (QED) is 0.417. The summed E-state index contributed by atoms with van der Waals surface area (Å²) < 4.78 is 1.62. The summed E-state index contributed by atoms with van der Waals surface area (Å²) >= 11 is 0. The average Bonchev–Trinajstić information content (AvgIpc) is 3.42. The van der Waals surface area contributed by atoms with E-state index in [4.69, 9.17) is 5.73 Å². The number of aliphatic hydroxyl groups is 1. The Hall–Kier alpha value is -3.81. The molecule has 1 aromatic heterocycles. The fourth-order valence-corrected chi connectivity index (χ4v) is 4.78. The normalized spacial score (nSPS) is 18.0. The molecule has 1 fully saturated rings. The molecule has 184 valence electrons. The second-order valence-corrected chi connectivity index (χ2v) is 9.95. The lowest BCUT2D eigenvalue weighted by Crippen LogP contribution is -2.29. The van der Waals surface area contributed by atoms with Gasteiger partial charge in [-0.05, 0) is 66.6 Å². The van der Waals surface area contributed by atoms with Crippen molar-refractivity contribution in [3.8, 4) is 16.8 Å². The molecule has 7 nitrogen and oxygen atoms in total. The highest BCUT2D eigenvalue weighted by Crippen LogP contribution is 2.25. The number of nitrogens with zero attached hydrogens (tertiary/aromatic N) is 4. The van der Waals surface area contributed by atoms with Crippen molar-refractivity contribution < 1.29 is 9.90 Å². The van der Waals surface area contributed by atoms with Gasteiger partial charge in [0.1, 0.15) is 5.82 Å². The topological polar surface area (TPSA) is 97.3 Å². The SMILES string of the molecule is Cc1nc(C(N)=O)nn1-c1ccc(Cc2ccc(-c3ccc(CN4CCC(C)(O)C4)cc3)cc2)cc1. The van der Waals surface area contributed by atoms with Crippen molar-refractivity contribution in [2.75, 3.05) is 13.1 Å². The predicted molar refractivity (Wildman–Crippen MR) is 140 cm³/mol. The van der Waals surface area contributed by atoms with E-state index in [0.29, 0.717) is 5.82 Å². The van der Waals surface area contributed by atoms with Gasteiger partial charge in [0.25, 0.3) is 5.91 Å². The molecule has 1 amide bonds. The molecule has 1 atom stereocenters. The number of hydrogen-bond donors (Lipinski definition) is 2. The third kappa shape index (κ3) is 5.37. The van der Waals surface area contributed by atoms with Crippen LogP contribution in [0.1, 0.15) is 46.5 Å². The zero-order valence-corrected chi connectivity index (χ0v) is 20.7. The first-order chi connectivity index (χ1) is 17.3. The summed E-state index contributed by atoms with van der Waals surface area (Å²) in [6, 6.07) is 25.5. The molecule has 3 aromatic carbocycles. The number of β-amino-alcohol motifs (C(OH)–C–C–N with tert-alkyl or cyclic N) is 1. The van der Waals surface area contributed by atoms with Crippen LogP contribution < -0.4 is 5.73 Å². The molecule has 0 aliphatic carbocycles. The molecule has 0 saturated carbocycles. The number of benzene rings is 3. The van der Waals surface area contributed by atoms with Crippen molar-refractivity contribution in [2.24, 2.45) is 5.73 Å². The van der Waals surface area contributed by atoms with Crippen LogP contribution in [-0.2, 0) is 13.0 Å². The predicted octanol–water partition coefficient (Wildman–Crippen LogP) is 3.89. The van der Waals surface area contributed by atoms with Gasteiger partial charge in [0, 0.05) is 19.6 Å². The van der Waals surface area contributed by atoms with Gasteiger partial charge >= 0.3 is 0 Å². The number of carbonyl (C=O) groups excluding carboxylic acids is 1. The van der Waals surface area contributed by atoms with Gasteiger partial charge in [0.2, 0.25) is 5.82 Å². The first-order valence-corrected chi connectivity index (χ1v) is 12.2. The number of hydrogen-bond acceptors (Lipinski definition) is 5. The van der Waals surface area contributed by atoms with E-state index in [2.05, 4.69) is 75.6 Å². The van der Waals surface area contributed by atoms with Crippen LogP contribution in [0.5, 0.6) is 0 Å². The second kappa shape index (κ2) is 9.68. The van der Waals surface area contributed by atoms with Gasteiger partial charge in [-0.2, -0.15) is 0 Å². The number of aromatic nitrogens is 3. The number of rotatable bonds is 7. The van der Waals surface area contributed by atoms with Crippen LogP contribution in [0.25, 0.3) is 16.8 Å². The summed E-state index contributed by atoms with van der Waals surface area (Å²) in [4.78, 5) is 17.8. The molecule has 0 radical (unpaired) electrons. The van der Waals surface area contributed by atoms with Crippen LogP contribution >= 0.6 is 0 Å². The lowest BCUT2D eigenvalue weighted by molar-refractivity contribution is 0.0679. The summed E-state index contributed by atoms with van der Waals surface area (Å²) in [6.07, 6.45) is 1.66. The molecule has 36 heavy (non-hydrogen) atoms. The summed E-state index contributed by atoms with van der Waals surface area (Å²) in [6.45, 7) is 6.25. The molecule has 3 N–H and O–H groups in total. The first kappa shape index (κ1) is 23.9. The Bertz CT molecular complexity index is 1360. The van der Waals surface area contributed by atoms with Gasteiger partial charge < -0.3 is 10.8 Å². The Morgan fingerprint density at radius 1 is 0.944 bits per heavy atom. The van der Waals surface area contributed by atoms with Gasteiger partial charge in [0.15, 0.2) is 0 Å². The Balaban J connectivity index is 1.21. The van der Waals surface area contributed by atoms with Crippen molar-refractivity contribution in [2.45, 2.75) is 38.8 Å². The van der Waals surface area contributed by atoms with Crippen LogP contribution in [0.2, 0.25) is 0 Å². The molecule has 7 heteroatoms. The maximum absolute atomic E-state index is 11.3. The molecule has 1 aliphatic rings. The molecule has 2 heterocycles. The minimum absolute atomic E-state index is 0.0205. The van der Waals surface area contributed by atoms with Gasteiger partial charge in [0.05, 0.1) is 11.3 Å². The molecule has 1 unspecified atom stereocenters. The van der Waals surface area contributed by atoms with Crippen molar-refractivity contribution in [3.63, 3.8) is 0 Å². The fraction of sp³-hybridized carbons (Fsp3) is 0.276. The lowest BCUT2D eigenvalue weighted by atomic mass is 9.99. The van der Waals surface area contributed by atoms with Gasteiger partial charge in [-0.25, -0.2) is 9.67 Å². The Kier molecular flexibility index (Phi) is 6.43. The van der Waals surface area contributed by atoms with Gasteiger partial charge in [-0.15, -0.1) is 5.10 Å². The largest absolute Gasteiger partial charge is 0.389 e. The number of aryl methyl sites for hydroxylation is 1. The Morgan fingerprint density at radius 2 is 1.50 bits per heavy atom. The summed E-state index contributed by atoms with van der Waals surface area (Å²) in [7, 11) is 0. The maximum Gasteiger partial charge on any atom is 0.288 e. The molecule has 1 saturated heterocycles. The smallest absolute Gasteiger partial charge is 0.288 e. The summed E-state index contributed by atoms with van der Waals surface area (Å²) in [5, 5.41) is 14.4. The Labute approximate surface area is 211 Å². The zero-order valence-electron chi connectivity index (χ0n) is 20.7. The van der Waals surface area contributed by atoms with Gasteiger partial charge in [-0.3, -0.25) is 9.69 Å². The van der Waals surface area contributed by atoms with E-state index in [0.717, 1.165) is 38.2 Å². The molecular weight excluding hydrogens is 450 g/mol. The fourth-order valence-electron chi connectivity index (χ4n) is 4.78. The number of amides is 1. The van der Waals surface area contributed by atoms with E-state index < -0.39 is 11.5 Å². The summed E-state index contributed by atoms with van der Waals surface area (Å²) in [5.74, 6) is 0.00153. The molecule has 1 aliphatic heterocycles. The molecule has 4 aromatic rings. The van der Waals surface area contributed by atoms with Crippen LogP contribution in [-0.4, -0.2) is 49.4 Å². The molecule has 0 spiro atoms. The Morgan fingerprint density at radius 3 is 2.00 bits per heavy atom. The standard InChI is InChI=1S/C29H31N5O2/c1-20-31-28(27(30)35)32-34(20)26-13-7-22(8-14-26)17-21-3-9-24(10-4-21)25-11-5-23(6-12-25)18-33-16-15-29(2,36)19-33/h3-14,36H,15-19H2,1-2H3,(H2,30,35). The summed E-state index contributed by atoms with van der Waals surface area (Å²) in [5.41, 5.74) is 11.6. The van der Waals surface area contributed by atoms with E-state index in [9.17, 15) is 9.90 Å². The lowest BCUT2D eigenvalue weighted by Gasteiger charge is -2.19. The molecular formula is C29H31N5O2. The van der Waals surface area contributed by atoms with E-state index in [1.165, 1.54) is 27.8 Å². The number of carbonyl (C=O) groups is 1. The molecule has 0 bridgehead atoms. The van der Waals surface area contributed by atoms with E-state index in [-0.39, 0.29) is 5.82 Å². The third-order valence-corrected chi connectivity index (χ3v) is 6.76. The van der Waals surface area contributed by atoms with Crippen LogP contribution in [0, 0.1) is 6.92 Å². The highest BCUT2D eigenvalue weighted by molar-refractivity contribution is 5.88. The third-order valence-electron chi connectivity index (χ3n) is 6.76. The van der Waals surface area contributed by atoms with Gasteiger partial charge in [-0.1, -0.05) is 60.7 Å². The minimum atomic E-state index is -0.634. The molecule has 5 rings (SSSR count). The van der Waals surface area contributed by atoms with Crippen molar-refractivity contribution in [3.05, 3.63) is 101 Å². The monoisotopic (exact) mass is 481 g/mol. The average molecular weight is 482 g/mol. The second-order valence-electron chi connectivity index (χ2n) is 9.95. The van der Waals surface area contributed by atoms with E-state index in [1.807, 2.05) is 19.1 Å². The van der Waals surface area contributed by atoms with Crippen LogP contribution in [0.3, 0.4) is 0 Å². The number of likely N-dealkylation sites (tertiary alicyclic amines) is 1. The van der Waals surface area contributed by atoms with Crippen molar-refractivity contribution in [1.82, 2.24) is 19.7 Å². The van der Waals surface area contributed by atoms with E-state index in [1.54, 1.807) is 11.6 Å². The first-order valence-electron chi connectivity index (χ1n) is 12.2.